The van der Waals surface area contributed by atoms with Crippen molar-refractivity contribution in [3.63, 3.8) is 0 Å². The van der Waals surface area contributed by atoms with Crippen LogP contribution in [0.2, 0.25) is 5.02 Å². The lowest BCUT2D eigenvalue weighted by Crippen LogP contribution is -2.42. The van der Waals surface area contributed by atoms with Gasteiger partial charge in [-0.3, -0.25) is 9.59 Å². The van der Waals surface area contributed by atoms with E-state index in [1.165, 1.54) is 31.2 Å². The average molecular weight is 397 g/mol. The highest BCUT2D eigenvalue weighted by Gasteiger charge is 2.25. The van der Waals surface area contributed by atoms with Crippen LogP contribution in [-0.2, 0) is 26.0 Å². The molecule has 0 aliphatic rings. The summed E-state index contributed by atoms with van der Waals surface area (Å²) in [5, 5.41) is 12.4. The highest BCUT2D eigenvalue weighted by molar-refractivity contribution is 7.89. The standard InChI is InChI=1S/C17H17ClN2O5S/c1-11(21)19-14-6-8-15(9-7-14)26(24,25)20-16(17(22)23)10-12-2-4-13(18)5-3-12/h2-9,16,20H,10H2,1H3,(H,19,21)(H,22,23)/t16-/m0/s1. The molecule has 9 heteroatoms. The Bertz CT molecular complexity index is 896. The summed E-state index contributed by atoms with van der Waals surface area (Å²) in [6.45, 7) is 1.33. The van der Waals surface area contributed by atoms with Crippen molar-refractivity contribution in [3.8, 4) is 0 Å². The number of hydrogen-bond donors (Lipinski definition) is 3. The van der Waals surface area contributed by atoms with Crippen LogP contribution in [0.1, 0.15) is 12.5 Å². The number of halogens is 1. The van der Waals surface area contributed by atoms with Crippen molar-refractivity contribution < 1.29 is 23.1 Å². The topological polar surface area (TPSA) is 113 Å². The fourth-order valence-electron chi connectivity index (χ4n) is 2.21. The molecule has 2 rings (SSSR count). The van der Waals surface area contributed by atoms with Crippen molar-refractivity contribution in [2.45, 2.75) is 24.3 Å². The van der Waals surface area contributed by atoms with Crippen LogP contribution in [0.15, 0.2) is 53.4 Å². The molecule has 0 heterocycles. The molecule has 138 valence electrons. The van der Waals surface area contributed by atoms with Gasteiger partial charge in [-0.05, 0) is 48.4 Å². The Labute approximate surface area is 156 Å². The number of carboxylic acids is 1. The quantitative estimate of drug-likeness (QED) is 0.664. The van der Waals surface area contributed by atoms with Crippen LogP contribution in [0.5, 0.6) is 0 Å². The van der Waals surface area contributed by atoms with Gasteiger partial charge >= 0.3 is 5.97 Å². The van der Waals surface area contributed by atoms with Crippen LogP contribution >= 0.6 is 11.6 Å². The first-order valence-electron chi connectivity index (χ1n) is 7.54. The number of sulfonamides is 1. The van der Waals surface area contributed by atoms with Gasteiger partial charge in [-0.25, -0.2) is 8.42 Å². The van der Waals surface area contributed by atoms with Crippen molar-refractivity contribution in [2.24, 2.45) is 0 Å². The molecule has 0 saturated carbocycles. The molecular formula is C17H17ClN2O5S. The van der Waals surface area contributed by atoms with Gasteiger partial charge in [-0.15, -0.1) is 0 Å². The van der Waals surface area contributed by atoms with Crippen molar-refractivity contribution in [2.75, 3.05) is 5.32 Å². The van der Waals surface area contributed by atoms with E-state index in [0.717, 1.165) is 0 Å². The number of aliphatic carboxylic acids is 1. The number of rotatable bonds is 7. The summed E-state index contributed by atoms with van der Waals surface area (Å²) in [6, 6.07) is 10.6. The van der Waals surface area contributed by atoms with Gasteiger partial charge in [0.25, 0.3) is 0 Å². The highest BCUT2D eigenvalue weighted by atomic mass is 35.5. The number of anilines is 1. The Hall–Kier alpha value is -2.42. The molecule has 0 aromatic heterocycles. The summed E-state index contributed by atoms with van der Waals surface area (Å²) in [4.78, 5) is 22.3. The first kappa shape index (κ1) is 19.9. The Morgan fingerprint density at radius 3 is 2.15 bits per heavy atom. The first-order valence-corrected chi connectivity index (χ1v) is 9.41. The lowest BCUT2D eigenvalue weighted by molar-refractivity contribution is -0.138. The third kappa shape index (κ3) is 5.55. The summed E-state index contributed by atoms with van der Waals surface area (Å²) in [6.07, 6.45) is -0.0320. The average Bonchev–Trinajstić information content (AvgIpc) is 2.56. The fraction of sp³-hybridized carbons (Fsp3) is 0.176. The van der Waals surface area contributed by atoms with Gasteiger partial charge in [-0.1, -0.05) is 23.7 Å². The first-order chi connectivity index (χ1) is 12.2. The molecule has 0 spiro atoms. The molecule has 2 aromatic carbocycles. The van der Waals surface area contributed by atoms with Gasteiger partial charge in [0, 0.05) is 17.6 Å². The number of carbonyl (C=O) groups is 2. The van der Waals surface area contributed by atoms with Crippen LogP contribution in [0.4, 0.5) is 5.69 Å². The molecule has 0 saturated heterocycles. The van der Waals surface area contributed by atoms with E-state index in [1.54, 1.807) is 24.3 Å². The number of amides is 1. The molecule has 7 nitrogen and oxygen atoms in total. The van der Waals surface area contributed by atoms with Crippen LogP contribution in [-0.4, -0.2) is 31.4 Å². The second kappa shape index (κ2) is 8.31. The zero-order valence-corrected chi connectivity index (χ0v) is 15.3. The Morgan fingerprint density at radius 1 is 1.08 bits per heavy atom. The van der Waals surface area contributed by atoms with Gasteiger partial charge in [0.2, 0.25) is 15.9 Å². The maximum absolute atomic E-state index is 12.4. The molecule has 0 aliphatic carbocycles. The summed E-state index contributed by atoms with van der Waals surface area (Å²) in [5.41, 5.74) is 1.07. The SMILES string of the molecule is CC(=O)Nc1ccc(S(=O)(=O)N[C@@H](Cc2ccc(Cl)cc2)C(=O)O)cc1. The minimum Gasteiger partial charge on any atom is -0.480 e. The van der Waals surface area contributed by atoms with E-state index < -0.39 is 22.0 Å². The molecule has 0 aliphatic heterocycles. The number of benzene rings is 2. The summed E-state index contributed by atoms with van der Waals surface area (Å²) < 4.78 is 27.1. The predicted molar refractivity (Wildman–Crippen MR) is 97.6 cm³/mol. The van der Waals surface area contributed by atoms with E-state index in [2.05, 4.69) is 10.0 Å². The van der Waals surface area contributed by atoms with E-state index in [4.69, 9.17) is 11.6 Å². The summed E-state index contributed by atoms with van der Waals surface area (Å²) >= 11 is 5.79. The number of carboxylic acid groups (broad SMARTS) is 1. The van der Waals surface area contributed by atoms with E-state index >= 15 is 0 Å². The van der Waals surface area contributed by atoms with E-state index in [-0.39, 0.29) is 17.2 Å². The van der Waals surface area contributed by atoms with Crippen molar-refractivity contribution in [1.29, 1.82) is 0 Å². The molecule has 26 heavy (non-hydrogen) atoms. The van der Waals surface area contributed by atoms with E-state index in [1.807, 2.05) is 0 Å². The summed E-state index contributed by atoms with van der Waals surface area (Å²) in [7, 11) is -4.05. The zero-order valence-electron chi connectivity index (χ0n) is 13.8. The number of hydrogen-bond acceptors (Lipinski definition) is 4. The third-order valence-electron chi connectivity index (χ3n) is 3.43. The van der Waals surface area contributed by atoms with Gasteiger partial charge < -0.3 is 10.4 Å². The largest absolute Gasteiger partial charge is 0.480 e. The van der Waals surface area contributed by atoms with Gasteiger partial charge in [-0.2, -0.15) is 4.72 Å². The molecule has 0 unspecified atom stereocenters. The molecule has 0 fully saturated rings. The Morgan fingerprint density at radius 2 is 1.65 bits per heavy atom. The normalized spacial score (nSPS) is 12.4. The van der Waals surface area contributed by atoms with Crippen LogP contribution < -0.4 is 10.0 Å². The Balaban J connectivity index is 2.16. The highest BCUT2D eigenvalue weighted by Crippen LogP contribution is 2.16. The molecule has 3 N–H and O–H groups in total. The van der Waals surface area contributed by atoms with Crippen molar-refractivity contribution in [3.05, 3.63) is 59.1 Å². The molecule has 1 amide bonds. The maximum atomic E-state index is 12.4. The molecular weight excluding hydrogens is 380 g/mol. The van der Waals surface area contributed by atoms with E-state index in [9.17, 15) is 23.1 Å². The maximum Gasteiger partial charge on any atom is 0.322 e. The Kier molecular flexibility index (Phi) is 6.36. The van der Waals surface area contributed by atoms with Gasteiger partial charge in [0.15, 0.2) is 0 Å². The van der Waals surface area contributed by atoms with Gasteiger partial charge in [0.1, 0.15) is 6.04 Å². The monoisotopic (exact) mass is 396 g/mol. The lowest BCUT2D eigenvalue weighted by Gasteiger charge is -2.15. The van der Waals surface area contributed by atoms with Gasteiger partial charge in [0.05, 0.1) is 4.90 Å². The van der Waals surface area contributed by atoms with Crippen molar-refractivity contribution in [1.82, 2.24) is 4.72 Å². The second-order valence-corrected chi connectivity index (χ2v) is 7.70. The molecule has 2 aromatic rings. The minimum absolute atomic E-state index is 0.0320. The lowest BCUT2D eigenvalue weighted by atomic mass is 10.1. The van der Waals surface area contributed by atoms with Crippen LogP contribution in [0, 0.1) is 0 Å². The smallest absolute Gasteiger partial charge is 0.322 e. The third-order valence-corrected chi connectivity index (χ3v) is 5.17. The molecule has 1 atom stereocenters. The zero-order chi connectivity index (χ0) is 19.3. The number of nitrogens with one attached hydrogen (secondary N) is 2. The predicted octanol–water partition coefficient (Wildman–Crippen LogP) is 2.27. The van der Waals surface area contributed by atoms with Crippen LogP contribution in [0.3, 0.4) is 0 Å². The second-order valence-electron chi connectivity index (χ2n) is 5.55. The molecule has 0 bridgehead atoms. The minimum atomic E-state index is -4.05. The fourth-order valence-corrected chi connectivity index (χ4v) is 3.53. The van der Waals surface area contributed by atoms with Crippen molar-refractivity contribution >= 4 is 39.2 Å². The number of carbonyl (C=O) groups excluding carboxylic acids is 1. The van der Waals surface area contributed by atoms with E-state index in [0.29, 0.717) is 16.3 Å². The molecule has 0 radical (unpaired) electrons. The van der Waals surface area contributed by atoms with Crippen LogP contribution in [0.25, 0.3) is 0 Å². The summed E-state index contributed by atoms with van der Waals surface area (Å²) in [5.74, 6) is -1.58.